The summed E-state index contributed by atoms with van der Waals surface area (Å²) < 4.78 is 5.55. The molecule has 1 aromatic rings. The topological polar surface area (TPSA) is 99.4 Å². The fourth-order valence-electron chi connectivity index (χ4n) is 2.00. The zero-order valence-corrected chi connectivity index (χ0v) is 13.8. The van der Waals surface area contributed by atoms with Crippen LogP contribution in [0.25, 0.3) is 0 Å². The Kier molecular flexibility index (Phi) is 6.14. The van der Waals surface area contributed by atoms with Crippen molar-refractivity contribution in [3.63, 3.8) is 0 Å². The lowest BCUT2D eigenvalue weighted by Crippen LogP contribution is -2.54. The SMILES string of the molecule is CC(Oc1ccccc1C#N)C(=O)NC(C)(CC(=O)O)C(C)C. The predicted octanol–water partition coefficient (Wildman–Crippen LogP) is 2.33. The van der Waals surface area contributed by atoms with Crippen LogP contribution in [0.4, 0.5) is 0 Å². The van der Waals surface area contributed by atoms with Gasteiger partial charge in [0.05, 0.1) is 17.5 Å². The van der Waals surface area contributed by atoms with Gasteiger partial charge in [-0.3, -0.25) is 9.59 Å². The molecule has 0 radical (unpaired) electrons. The standard InChI is InChI=1S/C17H22N2O4/c1-11(2)17(4,9-15(20)21)19-16(22)12(3)23-14-8-6-5-7-13(14)10-18/h5-8,11-12H,9H2,1-4H3,(H,19,22)(H,20,21). The van der Waals surface area contributed by atoms with Crippen LogP contribution in [0, 0.1) is 17.2 Å². The van der Waals surface area contributed by atoms with Crippen molar-refractivity contribution in [3.8, 4) is 11.8 Å². The van der Waals surface area contributed by atoms with Crippen LogP contribution in [0.15, 0.2) is 24.3 Å². The third-order valence-corrected chi connectivity index (χ3v) is 3.88. The van der Waals surface area contributed by atoms with Gasteiger partial charge < -0.3 is 15.2 Å². The summed E-state index contributed by atoms with van der Waals surface area (Å²) in [4.78, 5) is 23.4. The highest BCUT2D eigenvalue weighted by molar-refractivity contribution is 5.82. The number of rotatable bonds is 7. The maximum atomic E-state index is 12.3. The molecular formula is C17H22N2O4. The Balaban J connectivity index is 2.84. The number of carboxylic acids is 1. The number of nitriles is 1. The molecule has 1 amide bonds. The maximum Gasteiger partial charge on any atom is 0.305 e. The molecule has 0 bridgehead atoms. The summed E-state index contributed by atoms with van der Waals surface area (Å²) in [5.74, 6) is -1.15. The average Bonchev–Trinajstić information content (AvgIpc) is 2.46. The summed E-state index contributed by atoms with van der Waals surface area (Å²) in [7, 11) is 0. The number of hydrogen-bond acceptors (Lipinski definition) is 4. The number of carboxylic acid groups (broad SMARTS) is 1. The Morgan fingerprint density at radius 1 is 1.35 bits per heavy atom. The van der Waals surface area contributed by atoms with Gasteiger partial charge in [-0.15, -0.1) is 0 Å². The largest absolute Gasteiger partial charge is 0.481 e. The van der Waals surface area contributed by atoms with E-state index >= 15 is 0 Å². The van der Waals surface area contributed by atoms with Crippen LogP contribution in [0.2, 0.25) is 0 Å². The molecule has 2 N–H and O–H groups in total. The Morgan fingerprint density at radius 3 is 2.48 bits per heavy atom. The average molecular weight is 318 g/mol. The summed E-state index contributed by atoms with van der Waals surface area (Å²) in [5, 5.41) is 20.8. The second-order valence-electron chi connectivity index (χ2n) is 6.00. The summed E-state index contributed by atoms with van der Waals surface area (Å²) in [6, 6.07) is 8.63. The Labute approximate surface area is 136 Å². The van der Waals surface area contributed by atoms with Gasteiger partial charge in [-0.2, -0.15) is 5.26 Å². The molecule has 0 aliphatic carbocycles. The molecule has 0 saturated carbocycles. The van der Waals surface area contributed by atoms with E-state index in [1.807, 2.05) is 19.9 Å². The lowest BCUT2D eigenvalue weighted by atomic mass is 9.85. The smallest absolute Gasteiger partial charge is 0.305 e. The van der Waals surface area contributed by atoms with Gasteiger partial charge in [0, 0.05) is 0 Å². The molecule has 23 heavy (non-hydrogen) atoms. The van der Waals surface area contributed by atoms with Crippen LogP contribution < -0.4 is 10.1 Å². The van der Waals surface area contributed by atoms with Crippen LogP contribution in [0.5, 0.6) is 5.75 Å². The number of ether oxygens (including phenoxy) is 1. The van der Waals surface area contributed by atoms with E-state index in [1.165, 1.54) is 0 Å². The van der Waals surface area contributed by atoms with Crippen molar-refractivity contribution in [2.75, 3.05) is 0 Å². The molecule has 2 unspecified atom stereocenters. The van der Waals surface area contributed by atoms with Crippen molar-refractivity contribution in [1.82, 2.24) is 5.32 Å². The van der Waals surface area contributed by atoms with Gasteiger partial charge in [-0.25, -0.2) is 0 Å². The Morgan fingerprint density at radius 2 is 1.96 bits per heavy atom. The monoisotopic (exact) mass is 318 g/mol. The van der Waals surface area contributed by atoms with E-state index in [0.29, 0.717) is 11.3 Å². The molecular weight excluding hydrogens is 296 g/mol. The van der Waals surface area contributed by atoms with Crippen molar-refractivity contribution in [1.29, 1.82) is 5.26 Å². The van der Waals surface area contributed by atoms with Crippen molar-refractivity contribution < 1.29 is 19.4 Å². The lowest BCUT2D eigenvalue weighted by Gasteiger charge is -2.34. The van der Waals surface area contributed by atoms with Crippen molar-refractivity contribution >= 4 is 11.9 Å². The number of benzene rings is 1. The minimum atomic E-state index is -0.982. The number of hydrogen-bond donors (Lipinski definition) is 2. The van der Waals surface area contributed by atoms with E-state index in [9.17, 15) is 9.59 Å². The van der Waals surface area contributed by atoms with Crippen LogP contribution >= 0.6 is 0 Å². The zero-order valence-electron chi connectivity index (χ0n) is 13.8. The van der Waals surface area contributed by atoms with Crippen LogP contribution in [-0.2, 0) is 9.59 Å². The third kappa shape index (κ3) is 4.99. The molecule has 0 aromatic heterocycles. The van der Waals surface area contributed by atoms with Gasteiger partial charge in [0.2, 0.25) is 0 Å². The number of carbonyl (C=O) groups is 2. The van der Waals surface area contributed by atoms with Crippen LogP contribution in [-0.4, -0.2) is 28.6 Å². The fourth-order valence-corrected chi connectivity index (χ4v) is 2.00. The van der Waals surface area contributed by atoms with E-state index < -0.39 is 23.5 Å². The van der Waals surface area contributed by atoms with Gasteiger partial charge in [0.1, 0.15) is 11.8 Å². The van der Waals surface area contributed by atoms with Crippen LogP contribution in [0.1, 0.15) is 39.7 Å². The first-order chi connectivity index (χ1) is 10.7. The highest BCUT2D eigenvalue weighted by Gasteiger charge is 2.34. The number of amides is 1. The molecule has 0 spiro atoms. The molecule has 2 atom stereocenters. The molecule has 6 heteroatoms. The van der Waals surface area contributed by atoms with Crippen molar-refractivity contribution in [2.24, 2.45) is 5.92 Å². The van der Waals surface area contributed by atoms with Gasteiger partial charge in [-0.05, 0) is 31.9 Å². The second-order valence-corrected chi connectivity index (χ2v) is 6.00. The van der Waals surface area contributed by atoms with E-state index in [1.54, 1.807) is 38.1 Å². The molecule has 0 saturated heterocycles. The first-order valence-corrected chi connectivity index (χ1v) is 7.39. The minimum absolute atomic E-state index is 0.0684. The van der Waals surface area contributed by atoms with E-state index in [4.69, 9.17) is 15.1 Å². The number of nitrogens with one attached hydrogen (secondary N) is 1. The quantitative estimate of drug-likeness (QED) is 0.804. The molecule has 124 valence electrons. The number of carbonyl (C=O) groups excluding carboxylic acids is 1. The first kappa shape index (κ1) is 18.5. The van der Waals surface area contributed by atoms with Gasteiger partial charge >= 0.3 is 5.97 Å². The Hall–Kier alpha value is -2.55. The number of nitrogens with zero attached hydrogens (tertiary/aromatic N) is 1. The Bertz CT molecular complexity index is 621. The molecule has 0 aliphatic rings. The summed E-state index contributed by atoms with van der Waals surface area (Å²) in [5.41, 5.74) is -0.542. The third-order valence-electron chi connectivity index (χ3n) is 3.88. The van der Waals surface area contributed by atoms with Crippen LogP contribution in [0.3, 0.4) is 0 Å². The van der Waals surface area contributed by atoms with Crippen molar-refractivity contribution in [2.45, 2.75) is 45.8 Å². The summed E-state index contributed by atoms with van der Waals surface area (Å²) in [6.07, 6.45) is -1.03. The normalized spacial score (nSPS) is 14.4. The molecule has 0 heterocycles. The second kappa shape index (κ2) is 7.63. The van der Waals surface area contributed by atoms with Crippen molar-refractivity contribution in [3.05, 3.63) is 29.8 Å². The minimum Gasteiger partial charge on any atom is -0.481 e. The van der Waals surface area contributed by atoms with Gasteiger partial charge in [0.15, 0.2) is 6.10 Å². The summed E-state index contributed by atoms with van der Waals surface area (Å²) in [6.45, 7) is 6.95. The number of aliphatic carboxylic acids is 1. The van der Waals surface area contributed by atoms with Gasteiger partial charge in [-0.1, -0.05) is 26.0 Å². The number of para-hydroxylation sites is 1. The highest BCUT2D eigenvalue weighted by atomic mass is 16.5. The lowest BCUT2D eigenvalue weighted by molar-refractivity contribution is -0.140. The maximum absolute atomic E-state index is 12.3. The van der Waals surface area contributed by atoms with E-state index in [-0.39, 0.29) is 12.3 Å². The fraction of sp³-hybridized carbons (Fsp3) is 0.471. The predicted molar refractivity (Wildman–Crippen MR) is 84.9 cm³/mol. The van der Waals surface area contributed by atoms with E-state index in [0.717, 1.165) is 0 Å². The highest BCUT2D eigenvalue weighted by Crippen LogP contribution is 2.22. The molecule has 0 aliphatic heterocycles. The van der Waals surface area contributed by atoms with Gasteiger partial charge in [0.25, 0.3) is 5.91 Å². The molecule has 0 fully saturated rings. The molecule has 6 nitrogen and oxygen atoms in total. The summed E-state index contributed by atoms with van der Waals surface area (Å²) >= 11 is 0. The van der Waals surface area contributed by atoms with E-state index in [2.05, 4.69) is 5.32 Å². The molecule has 1 aromatic carbocycles. The zero-order chi connectivity index (χ0) is 17.6. The first-order valence-electron chi connectivity index (χ1n) is 7.39. The molecule has 1 rings (SSSR count).